The van der Waals surface area contributed by atoms with Crippen LogP contribution in [0.1, 0.15) is 37.0 Å². The summed E-state index contributed by atoms with van der Waals surface area (Å²) in [4.78, 5) is 21.3. The van der Waals surface area contributed by atoms with Crippen molar-refractivity contribution in [1.82, 2.24) is 0 Å². The molecule has 1 aromatic carbocycles. The molecule has 0 heterocycles. The van der Waals surface area contributed by atoms with Gasteiger partial charge in [0, 0.05) is 29.8 Å². The van der Waals surface area contributed by atoms with Gasteiger partial charge in [0.15, 0.2) is 0 Å². The Balaban J connectivity index is 3.03. The van der Waals surface area contributed by atoms with E-state index in [1.807, 2.05) is 13.8 Å². The molecule has 1 rings (SSSR count). The van der Waals surface area contributed by atoms with E-state index in [0.29, 0.717) is 12.2 Å². The standard InChI is InChI=1S/C14H20N2O5/c1-3-14(4-2,9-17)8-15-12-6-5-10(16(20)21)7-11(12)13(18)19/h5-7,15,17H,3-4,8-9H2,1-2H3,(H,18,19). The van der Waals surface area contributed by atoms with Gasteiger partial charge in [-0.3, -0.25) is 10.1 Å². The Bertz CT molecular complexity index is 518. The number of aliphatic hydroxyl groups is 1. The molecule has 0 atom stereocenters. The van der Waals surface area contributed by atoms with Crippen molar-refractivity contribution in [3.05, 3.63) is 33.9 Å². The van der Waals surface area contributed by atoms with Crippen LogP contribution in [0.25, 0.3) is 0 Å². The Hall–Kier alpha value is -2.15. The average Bonchev–Trinajstić information content (AvgIpc) is 2.49. The highest BCUT2D eigenvalue weighted by Gasteiger charge is 2.26. The fourth-order valence-corrected chi connectivity index (χ4v) is 2.04. The molecule has 0 unspecified atom stereocenters. The molecule has 0 aromatic heterocycles. The van der Waals surface area contributed by atoms with Gasteiger partial charge in [-0.2, -0.15) is 0 Å². The second-order valence-electron chi connectivity index (χ2n) is 5.01. The Labute approximate surface area is 122 Å². The van der Waals surface area contributed by atoms with Crippen LogP contribution in [-0.4, -0.2) is 34.3 Å². The lowest BCUT2D eigenvalue weighted by Crippen LogP contribution is -2.32. The fourth-order valence-electron chi connectivity index (χ4n) is 2.04. The fraction of sp³-hybridized carbons (Fsp3) is 0.500. The lowest BCUT2D eigenvalue weighted by molar-refractivity contribution is -0.384. The van der Waals surface area contributed by atoms with Crippen LogP contribution in [0.5, 0.6) is 0 Å². The molecule has 0 spiro atoms. The van der Waals surface area contributed by atoms with E-state index in [-0.39, 0.29) is 23.3 Å². The Kier molecular flexibility index (Phi) is 5.66. The van der Waals surface area contributed by atoms with Gasteiger partial charge in [0.1, 0.15) is 0 Å². The van der Waals surface area contributed by atoms with E-state index in [1.54, 1.807) is 0 Å². The molecule has 0 aliphatic heterocycles. The number of non-ortho nitro benzene ring substituents is 1. The number of carboxylic acid groups (broad SMARTS) is 1. The van der Waals surface area contributed by atoms with Gasteiger partial charge < -0.3 is 15.5 Å². The SMILES string of the molecule is CCC(CC)(CO)CNc1ccc([N+](=O)[O-])cc1C(=O)O. The summed E-state index contributed by atoms with van der Waals surface area (Å²) in [7, 11) is 0. The van der Waals surface area contributed by atoms with Gasteiger partial charge in [-0.15, -0.1) is 0 Å². The van der Waals surface area contributed by atoms with Crippen LogP contribution in [-0.2, 0) is 0 Å². The van der Waals surface area contributed by atoms with E-state index >= 15 is 0 Å². The van der Waals surface area contributed by atoms with Crippen LogP contribution < -0.4 is 5.32 Å². The van der Waals surface area contributed by atoms with E-state index in [1.165, 1.54) is 12.1 Å². The first-order valence-electron chi connectivity index (χ1n) is 6.75. The van der Waals surface area contributed by atoms with Gasteiger partial charge in [-0.05, 0) is 18.9 Å². The molecule has 0 radical (unpaired) electrons. The Morgan fingerprint density at radius 2 is 2.00 bits per heavy atom. The normalized spacial score (nSPS) is 11.2. The zero-order valence-electron chi connectivity index (χ0n) is 12.1. The summed E-state index contributed by atoms with van der Waals surface area (Å²) in [5.74, 6) is -1.23. The molecule has 7 heteroatoms. The smallest absolute Gasteiger partial charge is 0.338 e. The first-order valence-corrected chi connectivity index (χ1v) is 6.75. The first kappa shape index (κ1) is 16.9. The molecule has 3 N–H and O–H groups in total. The highest BCUT2D eigenvalue weighted by atomic mass is 16.6. The second kappa shape index (κ2) is 7.03. The molecule has 0 bridgehead atoms. The van der Waals surface area contributed by atoms with Gasteiger partial charge in [0.25, 0.3) is 5.69 Å². The van der Waals surface area contributed by atoms with Crippen molar-refractivity contribution in [3.8, 4) is 0 Å². The maximum atomic E-state index is 11.2. The minimum atomic E-state index is -1.23. The number of carboxylic acids is 1. The Morgan fingerprint density at radius 3 is 2.43 bits per heavy atom. The van der Waals surface area contributed by atoms with Gasteiger partial charge in [0.2, 0.25) is 0 Å². The minimum absolute atomic E-state index is 0.0115. The van der Waals surface area contributed by atoms with Crippen molar-refractivity contribution in [2.45, 2.75) is 26.7 Å². The van der Waals surface area contributed by atoms with Crippen molar-refractivity contribution < 1.29 is 19.9 Å². The molecule has 21 heavy (non-hydrogen) atoms. The van der Waals surface area contributed by atoms with Crippen molar-refractivity contribution in [2.24, 2.45) is 5.41 Å². The van der Waals surface area contributed by atoms with Gasteiger partial charge >= 0.3 is 5.97 Å². The summed E-state index contributed by atoms with van der Waals surface area (Å²) in [5.41, 5.74) is -0.439. The number of nitro groups is 1. The summed E-state index contributed by atoms with van der Waals surface area (Å²) in [6.07, 6.45) is 1.48. The molecule has 0 saturated heterocycles. The van der Waals surface area contributed by atoms with Crippen LogP contribution >= 0.6 is 0 Å². The number of carbonyl (C=O) groups is 1. The van der Waals surface area contributed by atoms with E-state index in [2.05, 4.69) is 5.32 Å². The summed E-state index contributed by atoms with van der Waals surface area (Å²) in [6.45, 7) is 4.29. The zero-order valence-corrected chi connectivity index (χ0v) is 12.1. The van der Waals surface area contributed by atoms with Crippen LogP contribution in [0.3, 0.4) is 0 Å². The van der Waals surface area contributed by atoms with Crippen molar-refractivity contribution in [3.63, 3.8) is 0 Å². The lowest BCUT2D eigenvalue weighted by atomic mass is 9.83. The topological polar surface area (TPSA) is 113 Å². The number of hydrogen-bond acceptors (Lipinski definition) is 5. The molecule has 0 amide bonds. The second-order valence-corrected chi connectivity index (χ2v) is 5.01. The van der Waals surface area contributed by atoms with E-state index in [4.69, 9.17) is 5.11 Å². The van der Waals surface area contributed by atoms with Gasteiger partial charge in [-0.25, -0.2) is 4.79 Å². The number of aliphatic hydroxyl groups excluding tert-OH is 1. The predicted octanol–water partition coefficient (Wildman–Crippen LogP) is 2.50. The first-order chi connectivity index (χ1) is 9.89. The van der Waals surface area contributed by atoms with Crippen molar-refractivity contribution in [1.29, 1.82) is 0 Å². The number of hydrogen-bond donors (Lipinski definition) is 3. The lowest BCUT2D eigenvalue weighted by Gasteiger charge is -2.30. The summed E-state index contributed by atoms with van der Waals surface area (Å²) in [5, 5.41) is 32.4. The highest BCUT2D eigenvalue weighted by molar-refractivity contribution is 5.95. The number of nitrogens with zero attached hydrogens (tertiary/aromatic N) is 1. The molecule has 0 aliphatic rings. The van der Waals surface area contributed by atoms with Crippen molar-refractivity contribution in [2.75, 3.05) is 18.5 Å². The van der Waals surface area contributed by atoms with Crippen LogP contribution in [0.15, 0.2) is 18.2 Å². The quantitative estimate of drug-likeness (QED) is 0.502. The molecule has 7 nitrogen and oxygen atoms in total. The third-order valence-corrected chi connectivity index (χ3v) is 3.93. The third kappa shape index (κ3) is 3.91. The predicted molar refractivity (Wildman–Crippen MR) is 78.6 cm³/mol. The maximum absolute atomic E-state index is 11.2. The number of aromatic carboxylic acids is 1. The van der Waals surface area contributed by atoms with Gasteiger partial charge in [0.05, 0.1) is 17.1 Å². The van der Waals surface area contributed by atoms with Gasteiger partial charge in [-0.1, -0.05) is 13.8 Å². The van der Waals surface area contributed by atoms with Crippen LogP contribution in [0.4, 0.5) is 11.4 Å². The molecule has 0 saturated carbocycles. The number of rotatable bonds is 8. The summed E-state index contributed by atoms with van der Waals surface area (Å²) < 4.78 is 0. The maximum Gasteiger partial charge on any atom is 0.338 e. The zero-order chi connectivity index (χ0) is 16.0. The molecular weight excluding hydrogens is 276 g/mol. The summed E-state index contributed by atoms with van der Waals surface area (Å²) in [6, 6.07) is 3.67. The van der Waals surface area contributed by atoms with E-state index in [9.17, 15) is 20.0 Å². The molecule has 1 aromatic rings. The number of nitro benzene ring substituents is 1. The number of anilines is 1. The van der Waals surface area contributed by atoms with Crippen LogP contribution in [0.2, 0.25) is 0 Å². The molecule has 116 valence electrons. The minimum Gasteiger partial charge on any atom is -0.478 e. The highest BCUT2D eigenvalue weighted by Crippen LogP contribution is 2.28. The van der Waals surface area contributed by atoms with E-state index < -0.39 is 10.9 Å². The average molecular weight is 296 g/mol. The number of nitrogens with one attached hydrogen (secondary N) is 1. The molecule has 0 fully saturated rings. The molecular formula is C14H20N2O5. The number of benzene rings is 1. The summed E-state index contributed by atoms with van der Waals surface area (Å²) >= 11 is 0. The largest absolute Gasteiger partial charge is 0.478 e. The Morgan fingerprint density at radius 1 is 1.38 bits per heavy atom. The van der Waals surface area contributed by atoms with Crippen LogP contribution in [0, 0.1) is 15.5 Å². The van der Waals surface area contributed by atoms with E-state index in [0.717, 1.165) is 18.9 Å². The third-order valence-electron chi connectivity index (χ3n) is 3.93. The monoisotopic (exact) mass is 296 g/mol. The van der Waals surface area contributed by atoms with Crippen molar-refractivity contribution >= 4 is 17.3 Å². The molecule has 0 aliphatic carbocycles.